The Hall–Kier alpha value is -0.906. The fourth-order valence-corrected chi connectivity index (χ4v) is 2.28. The molecule has 1 atom stereocenters. The number of hydrogen-bond donors (Lipinski definition) is 2. The van der Waals surface area contributed by atoms with Crippen LogP contribution in [0.4, 0.5) is 13.2 Å². The van der Waals surface area contributed by atoms with Crippen molar-refractivity contribution in [1.29, 1.82) is 0 Å². The third-order valence-electron chi connectivity index (χ3n) is 3.86. The van der Waals surface area contributed by atoms with E-state index in [1.54, 1.807) is 0 Å². The van der Waals surface area contributed by atoms with Crippen LogP contribution in [0.25, 0.3) is 0 Å². The van der Waals surface area contributed by atoms with Gasteiger partial charge < -0.3 is 17.6 Å². The first-order chi connectivity index (χ1) is 10.7. The van der Waals surface area contributed by atoms with E-state index in [1.807, 2.05) is 39.0 Å². The summed E-state index contributed by atoms with van der Waals surface area (Å²) in [6.45, 7) is 5.83. The molecule has 2 N–H and O–H groups in total. The van der Waals surface area contributed by atoms with Crippen LogP contribution in [0.5, 0.6) is 5.75 Å². The van der Waals surface area contributed by atoms with Crippen LogP contribution in [0.2, 0.25) is 0 Å². The number of hydrogen-bond acceptors (Lipinski definition) is 2. The van der Waals surface area contributed by atoms with Gasteiger partial charge in [0.15, 0.2) is 0 Å². The van der Waals surface area contributed by atoms with Gasteiger partial charge in [-0.15, -0.1) is 0 Å². The van der Waals surface area contributed by atoms with E-state index in [9.17, 15) is 18.3 Å². The third-order valence-corrected chi connectivity index (χ3v) is 3.86. The van der Waals surface area contributed by atoms with Gasteiger partial charge in [-0.1, -0.05) is 31.2 Å². The standard InChI is InChI=1S/C17H17F3O.CH4O.CH3.Y/c1-10-4-5-13(8-11(10)2)12(3)14-6-7-16(21)15(9-14)17(18,19)20;1-2;;/h4-9,12,21H,1-3H3;2H,1H3;1H3;/q;;-1;. The summed E-state index contributed by atoms with van der Waals surface area (Å²) in [5, 5.41) is 16.4. The van der Waals surface area contributed by atoms with E-state index in [0.29, 0.717) is 5.56 Å². The number of aromatic hydroxyl groups is 1. The van der Waals surface area contributed by atoms with Crippen molar-refractivity contribution in [2.45, 2.75) is 32.9 Å². The molecule has 0 spiro atoms. The van der Waals surface area contributed by atoms with E-state index >= 15 is 0 Å². The van der Waals surface area contributed by atoms with E-state index in [0.717, 1.165) is 35.9 Å². The zero-order valence-corrected chi connectivity index (χ0v) is 18.0. The second-order valence-corrected chi connectivity index (χ2v) is 5.34. The molecule has 0 aromatic heterocycles. The normalized spacial score (nSPS) is 11.4. The molecule has 1 radical (unpaired) electrons. The molecule has 0 aliphatic heterocycles. The second kappa shape index (κ2) is 10.9. The smallest absolute Gasteiger partial charge is 0.419 e. The van der Waals surface area contributed by atoms with Crippen LogP contribution in [0, 0.1) is 21.3 Å². The molecule has 0 aliphatic carbocycles. The van der Waals surface area contributed by atoms with Gasteiger partial charge in [0, 0.05) is 45.7 Å². The molecule has 0 aliphatic rings. The van der Waals surface area contributed by atoms with E-state index in [1.165, 1.54) is 6.07 Å². The molecule has 2 nitrogen and oxygen atoms in total. The number of halogens is 3. The maximum atomic E-state index is 12.9. The Kier molecular flexibility index (Phi) is 11.5. The Bertz CT molecular complexity index is 670. The fourth-order valence-electron chi connectivity index (χ4n) is 2.28. The molecule has 0 fully saturated rings. The summed E-state index contributed by atoms with van der Waals surface area (Å²) in [6.07, 6.45) is -4.55. The first-order valence-corrected chi connectivity index (χ1v) is 7.12. The summed E-state index contributed by atoms with van der Waals surface area (Å²) >= 11 is 0. The first-order valence-electron chi connectivity index (χ1n) is 7.12. The molecule has 0 amide bonds. The van der Waals surface area contributed by atoms with Crippen LogP contribution >= 0.6 is 0 Å². The summed E-state index contributed by atoms with van der Waals surface area (Å²) < 4.78 is 38.6. The minimum atomic E-state index is -4.55. The Morgan fingerprint density at radius 3 is 1.84 bits per heavy atom. The average Bonchev–Trinajstić information content (AvgIpc) is 2.50. The number of benzene rings is 2. The van der Waals surface area contributed by atoms with Gasteiger partial charge in [0.2, 0.25) is 0 Å². The number of phenolic OH excluding ortho intramolecular Hbond substituents is 1. The molecular weight excluding hydrogens is 406 g/mol. The van der Waals surface area contributed by atoms with Crippen molar-refractivity contribution < 1.29 is 56.1 Å². The monoisotopic (exact) mass is 430 g/mol. The Balaban J connectivity index is 0. The number of aryl methyl sites for hydroxylation is 2. The number of alkyl halides is 3. The van der Waals surface area contributed by atoms with Crippen LogP contribution in [0.3, 0.4) is 0 Å². The first kappa shape index (κ1) is 26.3. The van der Waals surface area contributed by atoms with Crippen molar-refractivity contribution in [3.05, 3.63) is 71.6 Å². The van der Waals surface area contributed by atoms with Gasteiger partial charge in [-0.2, -0.15) is 13.2 Å². The second-order valence-electron chi connectivity index (χ2n) is 5.34. The minimum absolute atomic E-state index is 0. The van der Waals surface area contributed by atoms with E-state index in [4.69, 9.17) is 5.11 Å². The largest absolute Gasteiger partial charge is 0.507 e. The van der Waals surface area contributed by atoms with Crippen molar-refractivity contribution in [2.24, 2.45) is 0 Å². The number of aliphatic hydroxyl groups is 1. The summed E-state index contributed by atoms with van der Waals surface area (Å²) in [6, 6.07) is 9.54. The Morgan fingerprint density at radius 2 is 1.36 bits per heavy atom. The Morgan fingerprint density at radius 1 is 0.880 bits per heavy atom. The molecule has 137 valence electrons. The molecule has 0 heterocycles. The average molecular weight is 430 g/mol. The predicted octanol–water partition coefficient (Wildman–Crippen LogP) is 5.24. The fraction of sp³-hybridized carbons (Fsp3) is 0.316. The molecule has 0 bridgehead atoms. The quantitative estimate of drug-likeness (QED) is 0.641. The van der Waals surface area contributed by atoms with Crippen LogP contribution in [0.1, 0.15) is 40.7 Å². The number of aliphatic hydroxyl groups excluding tert-OH is 1. The van der Waals surface area contributed by atoms with Crippen molar-refractivity contribution in [3.63, 3.8) is 0 Å². The third kappa shape index (κ3) is 6.72. The number of rotatable bonds is 2. The van der Waals surface area contributed by atoms with Gasteiger partial charge in [0.25, 0.3) is 0 Å². The zero-order chi connectivity index (χ0) is 17.8. The molecule has 0 saturated heterocycles. The van der Waals surface area contributed by atoms with Gasteiger partial charge in [-0.05, 0) is 48.2 Å². The predicted molar refractivity (Wildman–Crippen MR) is 91.1 cm³/mol. The van der Waals surface area contributed by atoms with E-state index in [2.05, 4.69) is 0 Å². The number of phenols is 1. The van der Waals surface area contributed by atoms with Gasteiger partial charge in [0.1, 0.15) is 5.75 Å². The van der Waals surface area contributed by atoms with Crippen molar-refractivity contribution in [1.82, 2.24) is 0 Å². The van der Waals surface area contributed by atoms with Crippen LogP contribution in [0.15, 0.2) is 36.4 Å². The topological polar surface area (TPSA) is 40.5 Å². The molecule has 6 heteroatoms. The van der Waals surface area contributed by atoms with Crippen LogP contribution in [-0.4, -0.2) is 17.3 Å². The molecule has 2 aromatic carbocycles. The van der Waals surface area contributed by atoms with Crippen molar-refractivity contribution in [3.8, 4) is 5.75 Å². The zero-order valence-electron chi connectivity index (χ0n) is 15.1. The maximum absolute atomic E-state index is 12.9. The van der Waals surface area contributed by atoms with Gasteiger partial charge in [0.05, 0.1) is 5.56 Å². The summed E-state index contributed by atoms with van der Waals surface area (Å²) in [5.74, 6) is -0.912. The molecule has 0 saturated carbocycles. The van der Waals surface area contributed by atoms with Gasteiger partial charge >= 0.3 is 6.18 Å². The minimum Gasteiger partial charge on any atom is -0.507 e. The molecule has 2 rings (SSSR count). The molecule has 25 heavy (non-hydrogen) atoms. The summed E-state index contributed by atoms with van der Waals surface area (Å²) in [4.78, 5) is 0. The van der Waals surface area contributed by atoms with Crippen LogP contribution in [-0.2, 0) is 38.9 Å². The molecule has 1 unspecified atom stereocenters. The van der Waals surface area contributed by atoms with Crippen LogP contribution < -0.4 is 0 Å². The summed E-state index contributed by atoms with van der Waals surface area (Å²) in [5.41, 5.74) is 2.75. The van der Waals surface area contributed by atoms with E-state index < -0.39 is 17.5 Å². The van der Waals surface area contributed by atoms with Gasteiger partial charge in [-0.25, -0.2) is 0 Å². The van der Waals surface area contributed by atoms with Crippen molar-refractivity contribution in [2.75, 3.05) is 7.11 Å². The summed E-state index contributed by atoms with van der Waals surface area (Å²) in [7, 11) is 1.00. The molecular formula is C19H24F3O2Y-. The van der Waals surface area contributed by atoms with Crippen molar-refractivity contribution >= 4 is 0 Å². The SMILES string of the molecule is CO.Cc1ccc(C(C)c2ccc(O)c(C(F)(F)F)c2)cc1C.[CH3-].[Y]. The van der Waals surface area contributed by atoms with Gasteiger partial charge in [-0.3, -0.25) is 0 Å². The Labute approximate surface area is 173 Å². The molecule has 2 aromatic rings. The maximum Gasteiger partial charge on any atom is 0.419 e. The van der Waals surface area contributed by atoms with E-state index in [-0.39, 0.29) is 46.1 Å².